The van der Waals surface area contributed by atoms with Gasteiger partial charge in [-0.25, -0.2) is 4.79 Å². The molecule has 2 aliphatic rings. The Hall–Kier alpha value is -2.07. The van der Waals surface area contributed by atoms with Gasteiger partial charge in [0.05, 0.1) is 18.6 Å². The summed E-state index contributed by atoms with van der Waals surface area (Å²) in [7, 11) is 1.70. The first-order valence-corrected chi connectivity index (χ1v) is 8.54. The maximum atomic E-state index is 11.9. The quantitative estimate of drug-likeness (QED) is 0.817. The Bertz CT molecular complexity index is 661. The van der Waals surface area contributed by atoms with Crippen LogP contribution >= 0.6 is 0 Å². The molecule has 2 N–H and O–H groups in total. The van der Waals surface area contributed by atoms with Crippen molar-refractivity contribution in [3.05, 3.63) is 23.7 Å². The van der Waals surface area contributed by atoms with Crippen LogP contribution in [-0.4, -0.2) is 60.4 Å². The average Bonchev–Trinajstić information content (AvgIpc) is 3.22. The van der Waals surface area contributed by atoms with Crippen molar-refractivity contribution >= 4 is 11.9 Å². The fourth-order valence-corrected chi connectivity index (χ4v) is 3.40. The fourth-order valence-electron chi connectivity index (χ4n) is 3.40. The molecule has 0 aromatic carbocycles. The van der Waals surface area contributed by atoms with Crippen molar-refractivity contribution in [3.63, 3.8) is 0 Å². The van der Waals surface area contributed by atoms with Crippen molar-refractivity contribution < 1.29 is 37.0 Å². The van der Waals surface area contributed by atoms with E-state index in [4.69, 9.17) is 19.1 Å². The standard InChI is InChI=1S/C15H22N2O3.C2HF3O2/c1-10-3-4-12(20-10)9-17-8-11(15(18)16-2)7-14-13(17)5-6-19-14;3-2(4,5)1(6)7/h3-4,11,13-14H,5-9H2,1-2H3,(H,16,18);(H,6,7)/t11-,13+,14+;/m0./s1. The van der Waals surface area contributed by atoms with Crippen LogP contribution in [0.25, 0.3) is 0 Å². The van der Waals surface area contributed by atoms with Gasteiger partial charge in [-0.05, 0) is 31.9 Å². The number of amides is 1. The number of carboxylic acid groups (broad SMARTS) is 1. The first kappa shape index (κ1) is 21.2. The summed E-state index contributed by atoms with van der Waals surface area (Å²) in [5, 5.41) is 9.88. The molecule has 2 aliphatic heterocycles. The van der Waals surface area contributed by atoms with E-state index < -0.39 is 12.1 Å². The highest BCUT2D eigenvalue weighted by atomic mass is 19.4. The van der Waals surface area contributed by atoms with E-state index in [1.165, 1.54) is 0 Å². The largest absolute Gasteiger partial charge is 0.490 e. The molecular formula is C17H23F3N2O5. The molecule has 27 heavy (non-hydrogen) atoms. The van der Waals surface area contributed by atoms with Gasteiger partial charge in [-0.3, -0.25) is 9.69 Å². The number of carbonyl (C=O) groups is 2. The summed E-state index contributed by atoms with van der Waals surface area (Å²) in [6.07, 6.45) is -3.02. The number of furan rings is 1. The van der Waals surface area contributed by atoms with E-state index in [0.717, 1.165) is 44.1 Å². The van der Waals surface area contributed by atoms with E-state index in [-0.39, 0.29) is 17.9 Å². The Balaban J connectivity index is 0.000000321. The van der Waals surface area contributed by atoms with Crippen LogP contribution in [0.3, 0.4) is 0 Å². The minimum Gasteiger partial charge on any atom is -0.475 e. The van der Waals surface area contributed by atoms with Gasteiger partial charge in [0.2, 0.25) is 5.91 Å². The molecule has 0 aliphatic carbocycles. The molecular weight excluding hydrogens is 369 g/mol. The van der Waals surface area contributed by atoms with Crippen LogP contribution in [0.15, 0.2) is 16.5 Å². The van der Waals surface area contributed by atoms with E-state index in [1.807, 2.05) is 19.1 Å². The van der Waals surface area contributed by atoms with Gasteiger partial charge in [-0.1, -0.05) is 0 Å². The molecule has 0 unspecified atom stereocenters. The van der Waals surface area contributed by atoms with E-state index in [0.29, 0.717) is 6.04 Å². The highest BCUT2D eigenvalue weighted by molar-refractivity contribution is 5.78. The molecule has 0 spiro atoms. The van der Waals surface area contributed by atoms with Gasteiger partial charge in [0.1, 0.15) is 11.5 Å². The lowest BCUT2D eigenvalue weighted by Gasteiger charge is -2.39. The van der Waals surface area contributed by atoms with Crippen molar-refractivity contribution in [3.8, 4) is 0 Å². The second kappa shape index (κ2) is 8.75. The van der Waals surface area contributed by atoms with Gasteiger partial charge in [-0.15, -0.1) is 0 Å². The second-order valence-corrected chi connectivity index (χ2v) is 6.56. The number of ether oxygens (including phenoxy) is 1. The van der Waals surface area contributed by atoms with Crippen molar-refractivity contribution in [2.45, 2.75) is 44.6 Å². The third-order valence-electron chi connectivity index (χ3n) is 4.63. The number of likely N-dealkylation sites (tertiary alicyclic amines) is 1. The average molecular weight is 392 g/mol. The van der Waals surface area contributed by atoms with Crippen LogP contribution in [0.2, 0.25) is 0 Å². The third kappa shape index (κ3) is 5.70. The Labute approximate surface area is 154 Å². The zero-order valence-corrected chi connectivity index (χ0v) is 15.1. The maximum absolute atomic E-state index is 11.9. The molecule has 152 valence electrons. The SMILES string of the molecule is CNC(=O)[C@H]1C[C@H]2OCC[C@H]2N(Cc2ccc(C)o2)C1.O=C(O)C(F)(F)F. The van der Waals surface area contributed by atoms with Crippen molar-refractivity contribution in [2.75, 3.05) is 20.2 Å². The summed E-state index contributed by atoms with van der Waals surface area (Å²) in [6, 6.07) is 4.42. The molecule has 7 nitrogen and oxygen atoms in total. The number of alkyl halides is 3. The molecule has 3 heterocycles. The lowest BCUT2D eigenvalue weighted by molar-refractivity contribution is -0.192. The van der Waals surface area contributed by atoms with Crippen LogP contribution in [0.5, 0.6) is 0 Å². The monoisotopic (exact) mass is 392 g/mol. The minimum atomic E-state index is -5.08. The van der Waals surface area contributed by atoms with Crippen LogP contribution in [0.4, 0.5) is 13.2 Å². The normalized spacial score (nSPS) is 25.3. The van der Waals surface area contributed by atoms with E-state index in [9.17, 15) is 18.0 Å². The summed E-state index contributed by atoms with van der Waals surface area (Å²) in [5.41, 5.74) is 0. The highest BCUT2D eigenvalue weighted by Gasteiger charge is 2.42. The molecule has 1 aromatic heterocycles. The lowest BCUT2D eigenvalue weighted by Crippen LogP contribution is -2.52. The van der Waals surface area contributed by atoms with Gasteiger partial charge >= 0.3 is 12.1 Å². The molecule has 3 rings (SSSR count). The molecule has 1 aromatic rings. The van der Waals surface area contributed by atoms with Crippen LogP contribution in [0.1, 0.15) is 24.4 Å². The molecule has 0 bridgehead atoms. The summed E-state index contributed by atoms with van der Waals surface area (Å²) in [6.45, 7) is 4.29. The van der Waals surface area contributed by atoms with Gasteiger partial charge in [0.15, 0.2) is 0 Å². The van der Waals surface area contributed by atoms with Crippen molar-refractivity contribution in [2.24, 2.45) is 5.92 Å². The van der Waals surface area contributed by atoms with Gasteiger partial charge in [-0.2, -0.15) is 13.2 Å². The van der Waals surface area contributed by atoms with E-state index >= 15 is 0 Å². The number of aliphatic carboxylic acids is 1. The van der Waals surface area contributed by atoms with Gasteiger partial charge in [0.25, 0.3) is 0 Å². The molecule has 2 fully saturated rings. The first-order valence-electron chi connectivity index (χ1n) is 8.54. The van der Waals surface area contributed by atoms with E-state index in [2.05, 4.69) is 10.2 Å². The third-order valence-corrected chi connectivity index (χ3v) is 4.63. The first-order chi connectivity index (χ1) is 12.6. The molecule has 10 heteroatoms. The number of hydrogen-bond acceptors (Lipinski definition) is 5. The Morgan fingerprint density at radius 1 is 1.37 bits per heavy atom. The smallest absolute Gasteiger partial charge is 0.475 e. The number of hydrogen-bond donors (Lipinski definition) is 2. The lowest BCUT2D eigenvalue weighted by atomic mass is 9.89. The summed E-state index contributed by atoms with van der Waals surface area (Å²) >= 11 is 0. The number of carbonyl (C=O) groups excluding carboxylic acids is 1. The second-order valence-electron chi connectivity index (χ2n) is 6.56. The summed E-state index contributed by atoms with van der Waals surface area (Å²) < 4.78 is 43.2. The van der Waals surface area contributed by atoms with Crippen LogP contribution in [0, 0.1) is 12.8 Å². The molecule has 1 amide bonds. The molecule has 0 radical (unpaired) electrons. The van der Waals surface area contributed by atoms with Crippen LogP contribution in [-0.2, 0) is 20.9 Å². The number of fused-ring (bicyclic) bond motifs is 1. The Kier molecular flexibility index (Phi) is 6.88. The van der Waals surface area contributed by atoms with Gasteiger partial charge < -0.3 is 19.6 Å². The van der Waals surface area contributed by atoms with Crippen molar-refractivity contribution in [1.82, 2.24) is 10.2 Å². The number of piperidine rings is 1. The summed E-state index contributed by atoms with van der Waals surface area (Å²) in [5.74, 6) is -0.743. The van der Waals surface area contributed by atoms with Gasteiger partial charge in [0, 0.05) is 26.2 Å². The number of carboxylic acids is 1. The number of nitrogens with zero attached hydrogens (tertiary/aromatic N) is 1. The minimum absolute atomic E-state index is 0.00964. The number of nitrogens with one attached hydrogen (secondary N) is 1. The van der Waals surface area contributed by atoms with Crippen LogP contribution < -0.4 is 5.32 Å². The van der Waals surface area contributed by atoms with E-state index in [1.54, 1.807) is 7.05 Å². The zero-order valence-electron chi connectivity index (χ0n) is 15.1. The highest BCUT2D eigenvalue weighted by Crippen LogP contribution is 2.32. The summed E-state index contributed by atoms with van der Waals surface area (Å²) in [4.78, 5) is 23.2. The number of aryl methyl sites for hydroxylation is 1. The predicted octanol–water partition coefficient (Wildman–Crippen LogP) is 1.95. The molecule has 0 saturated carbocycles. The fraction of sp³-hybridized carbons (Fsp3) is 0.647. The number of halogens is 3. The molecule has 3 atom stereocenters. The zero-order chi connectivity index (χ0) is 20.2. The maximum Gasteiger partial charge on any atom is 0.490 e. The topological polar surface area (TPSA) is 92.0 Å². The number of rotatable bonds is 3. The van der Waals surface area contributed by atoms with Crippen molar-refractivity contribution in [1.29, 1.82) is 0 Å². The molecule has 2 saturated heterocycles. The Morgan fingerprint density at radius 3 is 2.56 bits per heavy atom. The Morgan fingerprint density at radius 2 is 2.04 bits per heavy atom. The predicted molar refractivity (Wildman–Crippen MR) is 87.9 cm³/mol.